The predicted octanol–water partition coefficient (Wildman–Crippen LogP) is 1.72. The van der Waals surface area contributed by atoms with Crippen LogP contribution >= 0.6 is 11.6 Å². The lowest BCUT2D eigenvalue weighted by Gasteiger charge is -2.12. The van der Waals surface area contributed by atoms with Gasteiger partial charge in [0, 0.05) is 13.1 Å². The SMILES string of the molecule is O=c1c(NCCC2CCNC2)c(Cl)cnn1CC1CC1. The largest absolute Gasteiger partial charge is 0.379 e. The molecule has 3 rings (SSSR count). The maximum atomic E-state index is 12.3. The fraction of sp³-hybridized carbons (Fsp3) is 0.714. The second-order valence-electron chi connectivity index (χ2n) is 5.87. The summed E-state index contributed by atoms with van der Waals surface area (Å²) in [6.45, 7) is 3.69. The summed E-state index contributed by atoms with van der Waals surface area (Å²) in [5, 5.41) is 11.1. The monoisotopic (exact) mass is 296 g/mol. The second kappa shape index (κ2) is 6.14. The lowest BCUT2D eigenvalue weighted by atomic mass is 10.1. The van der Waals surface area contributed by atoms with Crippen molar-refractivity contribution in [2.24, 2.45) is 11.8 Å². The van der Waals surface area contributed by atoms with E-state index < -0.39 is 0 Å². The summed E-state index contributed by atoms with van der Waals surface area (Å²) in [7, 11) is 0. The maximum absolute atomic E-state index is 12.3. The van der Waals surface area contributed by atoms with Gasteiger partial charge in [0.2, 0.25) is 0 Å². The van der Waals surface area contributed by atoms with Crippen LogP contribution in [0.4, 0.5) is 5.69 Å². The fourth-order valence-corrected chi connectivity index (χ4v) is 2.86. The van der Waals surface area contributed by atoms with Gasteiger partial charge in [-0.15, -0.1) is 0 Å². The van der Waals surface area contributed by atoms with E-state index in [2.05, 4.69) is 15.7 Å². The molecule has 2 N–H and O–H groups in total. The molecule has 2 aliphatic rings. The van der Waals surface area contributed by atoms with Gasteiger partial charge in [-0.25, -0.2) is 4.68 Å². The molecule has 110 valence electrons. The number of anilines is 1. The normalized spacial score (nSPS) is 22.1. The molecule has 5 nitrogen and oxygen atoms in total. The van der Waals surface area contributed by atoms with Crippen molar-refractivity contribution < 1.29 is 0 Å². The Morgan fingerprint density at radius 3 is 2.95 bits per heavy atom. The number of nitrogens with one attached hydrogen (secondary N) is 2. The smallest absolute Gasteiger partial charge is 0.291 e. The number of aromatic nitrogens is 2. The quantitative estimate of drug-likeness (QED) is 0.839. The Bertz CT molecular complexity index is 520. The number of rotatable bonds is 6. The number of hydrogen-bond donors (Lipinski definition) is 2. The molecule has 1 aromatic heterocycles. The third kappa shape index (κ3) is 3.33. The molecule has 6 heteroatoms. The molecule has 20 heavy (non-hydrogen) atoms. The van der Waals surface area contributed by atoms with E-state index in [0.717, 1.165) is 32.6 Å². The highest BCUT2D eigenvalue weighted by Crippen LogP contribution is 2.30. The Morgan fingerprint density at radius 1 is 1.40 bits per heavy atom. The van der Waals surface area contributed by atoms with Crippen LogP contribution < -0.4 is 16.2 Å². The standard InChI is InChI=1S/C14H21ClN4O/c15-12-8-18-19(9-11-1-2-11)14(20)13(12)17-6-4-10-3-5-16-7-10/h8,10-11,16-17H,1-7,9H2. The summed E-state index contributed by atoms with van der Waals surface area (Å²) in [5.41, 5.74) is 0.419. The van der Waals surface area contributed by atoms with Crippen LogP contribution in [0, 0.1) is 11.8 Å². The van der Waals surface area contributed by atoms with E-state index in [4.69, 9.17) is 11.6 Å². The van der Waals surface area contributed by atoms with Crippen LogP contribution in [0.3, 0.4) is 0 Å². The fourth-order valence-electron chi connectivity index (χ4n) is 2.67. The molecule has 2 fully saturated rings. The molecular formula is C14H21ClN4O. The molecule has 0 radical (unpaired) electrons. The summed E-state index contributed by atoms with van der Waals surface area (Å²) in [6.07, 6.45) is 6.26. The van der Waals surface area contributed by atoms with Crippen LogP contribution in [0.5, 0.6) is 0 Å². The molecule has 0 aromatic carbocycles. The number of nitrogens with zero attached hydrogens (tertiary/aromatic N) is 2. The van der Waals surface area contributed by atoms with Crippen LogP contribution in [0.1, 0.15) is 25.7 Å². The topological polar surface area (TPSA) is 59.0 Å². The summed E-state index contributed by atoms with van der Waals surface area (Å²) < 4.78 is 1.54. The Morgan fingerprint density at radius 2 is 2.25 bits per heavy atom. The van der Waals surface area contributed by atoms with Crippen molar-refractivity contribution in [3.63, 3.8) is 0 Å². The average Bonchev–Trinajstić information content (AvgIpc) is 3.10. The van der Waals surface area contributed by atoms with Gasteiger partial charge >= 0.3 is 0 Å². The lowest BCUT2D eigenvalue weighted by Crippen LogP contribution is -2.27. The summed E-state index contributed by atoms with van der Waals surface area (Å²) in [6, 6.07) is 0. The number of halogens is 1. The van der Waals surface area contributed by atoms with Crippen LogP contribution in [-0.4, -0.2) is 29.4 Å². The van der Waals surface area contributed by atoms with Gasteiger partial charge in [-0.3, -0.25) is 4.79 Å². The molecule has 1 aliphatic heterocycles. The van der Waals surface area contributed by atoms with E-state index in [1.807, 2.05) is 0 Å². The van der Waals surface area contributed by atoms with Crippen LogP contribution in [0.15, 0.2) is 11.0 Å². The second-order valence-corrected chi connectivity index (χ2v) is 6.28. The van der Waals surface area contributed by atoms with Crippen molar-refractivity contribution in [3.8, 4) is 0 Å². The van der Waals surface area contributed by atoms with E-state index in [-0.39, 0.29) is 5.56 Å². The molecule has 1 aromatic rings. The van der Waals surface area contributed by atoms with Crippen LogP contribution in [0.2, 0.25) is 5.02 Å². The summed E-state index contributed by atoms with van der Waals surface area (Å²) in [4.78, 5) is 12.3. The van der Waals surface area contributed by atoms with Gasteiger partial charge in [-0.05, 0) is 50.6 Å². The van der Waals surface area contributed by atoms with Crippen molar-refractivity contribution in [1.29, 1.82) is 0 Å². The Hall–Kier alpha value is -1.07. The molecule has 1 saturated heterocycles. The lowest BCUT2D eigenvalue weighted by molar-refractivity contribution is 0.531. The zero-order chi connectivity index (χ0) is 13.9. The highest BCUT2D eigenvalue weighted by molar-refractivity contribution is 6.32. The Kier molecular flexibility index (Phi) is 4.27. The van der Waals surface area contributed by atoms with Gasteiger partial charge in [0.1, 0.15) is 5.69 Å². The van der Waals surface area contributed by atoms with Gasteiger partial charge in [-0.2, -0.15) is 5.10 Å². The van der Waals surface area contributed by atoms with E-state index in [1.54, 1.807) is 10.9 Å². The summed E-state index contributed by atoms with van der Waals surface area (Å²) in [5.74, 6) is 1.33. The first-order valence-corrected chi connectivity index (χ1v) is 7.82. The summed E-state index contributed by atoms with van der Waals surface area (Å²) >= 11 is 6.10. The molecule has 1 saturated carbocycles. The van der Waals surface area contributed by atoms with Gasteiger partial charge < -0.3 is 10.6 Å². The highest BCUT2D eigenvalue weighted by atomic mass is 35.5. The van der Waals surface area contributed by atoms with E-state index in [1.165, 1.54) is 19.3 Å². The molecule has 0 amide bonds. The molecule has 1 unspecified atom stereocenters. The molecule has 2 heterocycles. The van der Waals surface area contributed by atoms with Crippen LogP contribution in [-0.2, 0) is 6.54 Å². The van der Waals surface area contributed by atoms with E-state index in [0.29, 0.717) is 22.5 Å². The van der Waals surface area contributed by atoms with E-state index >= 15 is 0 Å². The number of hydrogen-bond acceptors (Lipinski definition) is 4. The minimum absolute atomic E-state index is 0.0889. The minimum Gasteiger partial charge on any atom is -0.379 e. The third-order valence-electron chi connectivity index (χ3n) is 4.14. The highest BCUT2D eigenvalue weighted by Gasteiger charge is 2.23. The van der Waals surface area contributed by atoms with Gasteiger partial charge in [0.15, 0.2) is 0 Å². The van der Waals surface area contributed by atoms with Gasteiger partial charge in [-0.1, -0.05) is 11.6 Å². The molecule has 0 bridgehead atoms. The Balaban J connectivity index is 1.62. The first-order chi connectivity index (χ1) is 9.74. The van der Waals surface area contributed by atoms with Crippen molar-refractivity contribution in [2.45, 2.75) is 32.2 Å². The zero-order valence-electron chi connectivity index (χ0n) is 11.6. The molecular weight excluding hydrogens is 276 g/mol. The third-order valence-corrected chi connectivity index (χ3v) is 4.43. The van der Waals surface area contributed by atoms with Crippen molar-refractivity contribution >= 4 is 17.3 Å². The van der Waals surface area contributed by atoms with E-state index in [9.17, 15) is 4.79 Å². The minimum atomic E-state index is -0.0889. The molecule has 0 spiro atoms. The van der Waals surface area contributed by atoms with Gasteiger partial charge in [0.05, 0.1) is 11.2 Å². The maximum Gasteiger partial charge on any atom is 0.291 e. The predicted molar refractivity (Wildman–Crippen MR) is 80.3 cm³/mol. The van der Waals surface area contributed by atoms with Crippen LogP contribution in [0.25, 0.3) is 0 Å². The van der Waals surface area contributed by atoms with Gasteiger partial charge in [0.25, 0.3) is 5.56 Å². The molecule has 1 atom stereocenters. The molecule has 1 aliphatic carbocycles. The van der Waals surface area contributed by atoms with Crippen molar-refractivity contribution in [1.82, 2.24) is 15.1 Å². The first-order valence-electron chi connectivity index (χ1n) is 7.44. The average molecular weight is 297 g/mol. The van der Waals surface area contributed by atoms with Crippen molar-refractivity contribution in [3.05, 3.63) is 21.6 Å². The zero-order valence-corrected chi connectivity index (χ0v) is 12.3. The van der Waals surface area contributed by atoms with Crippen molar-refractivity contribution in [2.75, 3.05) is 25.0 Å². The first kappa shape index (κ1) is 13.9. The Labute approximate surface area is 123 Å².